The molecule has 0 aliphatic carbocycles. The zero-order valence-corrected chi connectivity index (χ0v) is 22.5. The normalized spacial score (nSPS) is 12.8. The minimum absolute atomic E-state index is 0.0315. The van der Waals surface area contributed by atoms with Crippen LogP contribution in [0.15, 0.2) is 24.3 Å². The third kappa shape index (κ3) is 14.5. The SMILES string of the molecule is CCCS[As](SCCSOO[O-])c1ccc(N(CCSOO[O-])CCS(=O)(=O)[O-])cc1. The second-order valence-corrected chi connectivity index (χ2v) is 20.4. The molecule has 0 bridgehead atoms. The van der Waals surface area contributed by atoms with Gasteiger partial charge in [-0.3, -0.25) is 0 Å². The molecule has 0 aliphatic rings. The summed E-state index contributed by atoms with van der Waals surface area (Å²) in [6.07, 6.45) is 1.07. The fraction of sp³-hybridized carbons (Fsp3) is 0.600. The summed E-state index contributed by atoms with van der Waals surface area (Å²) in [6, 6.07) is 7.86. The number of hydrogen-bond acceptors (Lipinski definition) is 14. The number of rotatable bonds is 19. The van der Waals surface area contributed by atoms with Crippen LogP contribution >= 0.6 is 44.1 Å². The standard InChI is InChI=1S/C15H26AsNO9S5/c1-2-9-27-16(28-11-12-30-26-24-19)14-3-5-15(6-4-14)17(7-10-29-25-23-18)8-13-31(20,21)22/h3-6,18-19H,2,7-13H2,1H3,(H,20,21,22)/p-3. The van der Waals surface area contributed by atoms with Gasteiger partial charge in [-0.05, 0) is 0 Å². The van der Waals surface area contributed by atoms with E-state index < -0.39 is 28.2 Å². The van der Waals surface area contributed by atoms with Gasteiger partial charge in [0, 0.05) is 0 Å². The van der Waals surface area contributed by atoms with Crippen LogP contribution in [-0.4, -0.2) is 67.2 Å². The molecule has 1 aromatic carbocycles. The molecule has 1 aromatic rings. The molecule has 0 spiro atoms. The predicted octanol–water partition coefficient (Wildman–Crippen LogP) is 0.353. The Morgan fingerprint density at radius 1 is 0.935 bits per heavy atom. The molecule has 0 saturated heterocycles. The number of nitrogens with zero attached hydrogens (tertiary/aromatic N) is 1. The van der Waals surface area contributed by atoms with Crippen molar-refractivity contribution in [2.75, 3.05) is 46.8 Å². The molecule has 0 heterocycles. The van der Waals surface area contributed by atoms with Crippen LogP contribution in [0.2, 0.25) is 0 Å². The van der Waals surface area contributed by atoms with Crippen molar-refractivity contribution in [3.63, 3.8) is 0 Å². The molecule has 180 valence electrons. The molecule has 0 amide bonds. The second kappa shape index (κ2) is 18.0. The first-order valence-electron chi connectivity index (χ1n) is 8.92. The molecule has 1 atom stereocenters. The average Bonchev–Trinajstić information content (AvgIpc) is 2.75. The molecule has 1 rings (SSSR count). The Hall–Kier alpha value is 0.648. The zero-order valence-electron chi connectivity index (χ0n) is 16.6. The van der Waals surface area contributed by atoms with Gasteiger partial charge in [-0.2, -0.15) is 0 Å². The molecule has 0 aliphatic heterocycles. The van der Waals surface area contributed by atoms with Gasteiger partial charge < -0.3 is 0 Å². The Morgan fingerprint density at radius 2 is 1.55 bits per heavy atom. The molecule has 10 nitrogen and oxygen atoms in total. The van der Waals surface area contributed by atoms with E-state index in [2.05, 4.69) is 25.7 Å². The van der Waals surface area contributed by atoms with Gasteiger partial charge in [0.25, 0.3) is 0 Å². The summed E-state index contributed by atoms with van der Waals surface area (Å²) in [4.78, 5) is 1.75. The molecule has 0 fully saturated rings. The Balaban J connectivity index is 2.79. The molecular weight excluding hydrogens is 573 g/mol. The first-order chi connectivity index (χ1) is 14.9. The summed E-state index contributed by atoms with van der Waals surface area (Å²) in [7, 11) is -0.537. The van der Waals surface area contributed by atoms with Crippen molar-refractivity contribution in [2.45, 2.75) is 13.3 Å². The summed E-state index contributed by atoms with van der Waals surface area (Å²) in [5, 5.41) is 26.4. The van der Waals surface area contributed by atoms with Crippen LogP contribution in [0.5, 0.6) is 0 Å². The van der Waals surface area contributed by atoms with Gasteiger partial charge in [0.1, 0.15) is 0 Å². The number of anilines is 1. The third-order valence-electron chi connectivity index (χ3n) is 3.42. The summed E-state index contributed by atoms with van der Waals surface area (Å²) in [5.41, 5.74) is 0.770. The zero-order chi connectivity index (χ0) is 23.0. The molecule has 0 radical (unpaired) electrons. The first-order valence-corrected chi connectivity index (χ1v) is 19.7. The molecule has 0 N–H and O–H groups in total. The van der Waals surface area contributed by atoms with E-state index in [1.807, 2.05) is 44.3 Å². The van der Waals surface area contributed by atoms with Crippen LogP contribution in [-0.2, 0) is 28.9 Å². The number of benzene rings is 1. The fourth-order valence-corrected chi connectivity index (χ4v) is 17.1. The molecule has 0 saturated carbocycles. The van der Waals surface area contributed by atoms with Crippen LogP contribution < -0.4 is 19.8 Å². The van der Waals surface area contributed by atoms with E-state index >= 15 is 0 Å². The molecule has 16 heteroatoms. The summed E-state index contributed by atoms with van der Waals surface area (Å²) in [6.45, 7) is 2.52. The number of hydrogen-bond donors (Lipinski definition) is 0. The second-order valence-electron chi connectivity index (χ2n) is 5.60. The fourth-order valence-electron chi connectivity index (χ4n) is 2.15. The van der Waals surface area contributed by atoms with E-state index in [-0.39, 0.29) is 6.54 Å². The van der Waals surface area contributed by atoms with Crippen molar-refractivity contribution >= 4 is 76.6 Å². The van der Waals surface area contributed by atoms with Crippen LogP contribution in [0.3, 0.4) is 0 Å². The van der Waals surface area contributed by atoms with E-state index in [9.17, 15) is 23.5 Å². The van der Waals surface area contributed by atoms with Crippen LogP contribution in [0, 0.1) is 0 Å². The molecule has 31 heavy (non-hydrogen) atoms. The Kier molecular flexibility index (Phi) is 17.3. The van der Waals surface area contributed by atoms with Gasteiger partial charge in [-0.25, -0.2) is 0 Å². The van der Waals surface area contributed by atoms with Crippen molar-refractivity contribution < 1.29 is 42.2 Å². The van der Waals surface area contributed by atoms with Crippen LogP contribution in [0.25, 0.3) is 0 Å². The van der Waals surface area contributed by atoms with Crippen molar-refractivity contribution in [2.24, 2.45) is 0 Å². The molecule has 0 aromatic heterocycles. The van der Waals surface area contributed by atoms with Gasteiger partial charge in [-0.15, -0.1) is 0 Å². The summed E-state index contributed by atoms with van der Waals surface area (Å²) >= 11 is 0.312. The summed E-state index contributed by atoms with van der Waals surface area (Å²) in [5.74, 6) is 2.32. The van der Waals surface area contributed by atoms with Crippen LogP contribution in [0.1, 0.15) is 13.3 Å². The van der Waals surface area contributed by atoms with Gasteiger partial charge >= 0.3 is 203 Å². The first kappa shape index (κ1) is 29.7. The topological polar surface area (TPSA) is 143 Å². The van der Waals surface area contributed by atoms with Gasteiger partial charge in [0.05, 0.1) is 0 Å². The maximum absolute atomic E-state index is 11.0. The van der Waals surface area contributed by atoms with Crippen LogP contribution in [0.4, 0.5) is 5.69 Å². The molecule has 1 unspecified atom stereocenters. The van der Waals surface area contributed by atoms with E-state index in [1.165, 1.54) is 4.35 Å². The quantitative estimate of drug-likeness (QED) is 0.0541. The van der Waals surface area contributed by atoms with Gasteiger partial charge in [0.2, 0.25) is 0 Å². The maximum atomic E-state index is 11.0. The van der Waals surface area contributed by atoms with E-state index in [4.69, 9.17) is 0 Å². The Labute approximate surface area is 202 Å². The Bertz CT molecular complexity index is 686. The van der Waals surface area contributed by atoms with Crippen molar-refractivity contribution in [3.8, 4) is 0 Å². The van der Waals surface area contributed by atoms with E-state index in [0.29, 0.717) is 18.1 Å². The minimum atomic E-state index is -4.36. The van der Waals surface area contributed by atoms with E-state index in [0.717, 1.165) is 47.7 Å². The summed E-state index contributed by atoms with van der Waals surface area (Å²) < 4.78 is 42.9. The van der Waals surface area contributed by atoms with Gasteiger partial charge in [0.15, 0.2) is 0 Å². The third-order valence-corrected chi connectivity index (χ3v) is 19.1. The van der Waals surface area contributed by atoms with Gasteiger partial charge in [-0.1, -0.05) is 0 Å². The van der Waals surface area contributed by atoms with Crippen molar-refractivity contribution in [1.82, 2.24) is 0 Å². The van der Waals surface area contributed by atoms with E-state index in [1.54, 1.807) is 4.90 Å². The molecular formula is C15H23AsNO9S5-3. The Morgan fingerprint density at radius 3 is 2.13 bits per heavy atom. The van der Waals surface area contributed by atoms with Crippen molar-refractivity contribution in [3.05, 3.63) is 24.3 Å². The predicted molar refractivity (Wildman–Crippen MR) is 123 cm³/mol. The monoisotopic (exact) mass is 596 g/mol. The average molecular weight is 597 g/mol. The van der Waals surface area contributed by atoms with Crippen molar-refractivity contribution in [1.29, 1.82) is 0 Å².